The van der Waals surface area contributed by atoms with Crippen LogP contribution in [0.5, 0.6) is 5.75 Å². The molecular formula is C14H9BrFNO4. The number of nitro benzene ring substituents is 1. The first-order valence-electron chi connectivity index (χ1n) is 5.81. The molecule has 0 aliphatic carbocycles. The number of hydrogen-bond donors (Lipinski definition) is 0. The molecule has 0 N–H and O–H groups in total. The van der Waals surface area contributed by atoms with Crippen LogP contribution in [-0.4, -0.2) is 11.2 Å². The smallest absolute Gasteiger partial charge is 0.277 e. The van der Waals surface area contributed by atoms with Gasteiger partial charge in [-0.05, 0) is 30.3 Å². The van der Waals surface area contributed by atoms with Crippen LogP contribution in [-0.2, 0) is 6.61 Å². The quantitative estimate of drug-likeness (QED) is 0.464. The Hall–Kier alpha value is -2.28. The van der Waals surface area contributed by atoms with Crippen LogP contribution in [0.2, 0.25) is 0 Å². The van der Waals surface area contributed by atoms with Gasteiger partial charge in [0.25, 0.3) is 5.69 Å². The predicted molar refractivity (Wildman–Crippen MR) is 76.9 cm³/mol. The Balaban J connectivity index is 2.24. The minimum atomic E-state index is -0.556. The lowest BCUT2D eigenvalue weighted by molar-refractivity contribution is -0.385. The minimum Gasteiger partial charge on any atom is -0.488 e. The van der Waals surface area contributed by atoms with E-state index >= 15 is 0 Å². The highest BCUT2D eigenvalue weighted by atomic mass is 79.9. The Kier molecular flexibility index (Phi) is 4.64. The number of hydrogen-bond acceptors (Lipinski definition) is 4. The SMILES string of the molecule is O=Cc1cc(F)ccc1OCc1ccc(Br)cc1[N+](=O)[O-]. The molecule has 0 heterocycles. The van der Waals surface area contributed by atoms with E-state index < -0.39 is 10.7 Å². The summed E-state index contributed by atoms with van der Waals surface area (Å²) in [4.78, 5) is 21.3. The average molecular weight is 354 g/mol. The normalized spacial score (nSPS) is 10.2. The van der Waals surface area contributed by atoms with Gasteiger partial charge < -0.3 is 4.74 Å². The number of rotatable bonds is 5. The molecule has 0 atom stereocenters. The molecule has 0 aliphatic rings. The fourth-order valence-electron chi connectivity index (χ4n) is 1.73. The summed E-state index contributed by atoms with van der Waals surface area (Å²) in [6, 6.07) is 8.06. The zero-order valence-corrected chi connectivity index (χ0v) is 12.2. The molecule has 0 bridgehead atoms. The Bertz CT molecular complexity index is 705. The average Bonchev–Trinajstić information content (AvgIpc) is 2.46. The molecule has 0 spiro atoms. The molecule has 0 aromatic heterocycles. The van der Waals surface area contributed by atoms with Crippen molar-refractivity contribution in [1.82, 2.24) is 0 Å². The van der Waals surface area contributed by atoms with Crippen molar-refractivity contribution in [2.24, 2.45) is 0 Å². The second-order valence-electron chi connectivity index (χ2n) is 4.12. The molecule has 2 rings (SSSR count). The van der Waals surface area contributed by atoms with E-state index in [0.29, 0.717) is 16.3 Å². The highest BCUT2D eigenvalue weighted by Gasteiger charge is 2.15. The third-order valence-electron chi connectivity index (χ3n) is 2.73. The summed E-state index contributed by atoms with van der Waals surface area (Å²) < 4.78 is 19.0. The molecule has 5 nitrogen and oxygen atoms in total. The van der Waals surface area contributed by atoms with Crippen molar-refractivity contribution in [3.05, 3.63) is 67.9 Å². The Labute approximate surface area is 127 Å². The zero-order valence-electron chi connectivity index (χ0n) is 10.6. The number of carbonyl (C=O) groups is 1. The molecule has 0 fully saturated rings. The molecule has 2 aromatic carbocycles. The fourth-order valence-corrected chi connectivity index (χ4v) is 2.08. The largest absolute Gasteiger partial charge is 0.488 e. The molecular weight excluding hydrogens is 345 g/mol. The van der Waals surface area contributed by atoms with Crippen molar-refractivity contribution in [2.45, 2.75) is 6.61 Å². The molecule has 0 amide bonds. The number of carbonyl (C=O) groups excluding carboxylic acids is 1. The standard InChI is InChI=1S/C14H9BrFNO4/c15-11-2-1-9(13(6-11)17(19)20)8-21-14-4-3-12(16)5-10(14)7-18/h1-7H,8H2. The van der Waals surface area contributed by atoms with Crippen LogP contribution in [0.3, 0.4) is 0 Å². The van der Waals surface area contributed by atoms with Gasteiger partial charge in [0.1, 0.15) is 18.2 Å². The molecule has 108 valence electrons. The van der Waals surface area contributed by atoms with Crippen molar-refractivity contribution in [2.75, 3.05) is 0 Å². The summed E-state index contributed by atoms with van der Waals surface area (Å²) in [5, 5.41) is 11.0. The number of nitrogens with zero attached hydrogens (tertiary/aromatic N) is 1. The van der Waals surface area contributed by atoms with Crippen LogP contribution in [0.15, 0.2) is 40.9 Å². The first-order chi connectivity index (χ1) is 10.0. The van der Waals surface area contributed by atoms with Crippen molar-refractivity contribution in [3.8, 4) is 5.75 Å². The molecule has 21 heavy (non-hydrogen) atoms. The molecule has 0 unspecified atom stereocenters. The summed E-state index contributed by atoms with van der Waals surface area (Å²) in [5.41, 5.74) is 0.304. The van der Waals surface area contributed by atoms with Crippen LogP contribution in [0.25, 0.3) is 0 Å². The Morgan fingerprint density at radius 2 is 2.05 bits per heavy atom. The lowest BCUT2D eigenvalue weighted by Crippen LogP contribution is -2.02. The molecule has 2 aromatic rings. The van der Waals surface area contributed by atoms with E-state index in [4.69, 9.17) is 4.74 Å². The highest BCUT2D eigenvalue weighted by Crippen LogP contribution is 2.26. The van der Waals surface area contributed by atoms with Crippen molar-refractivity contribution >= 4 is 27.9 Å². The first kappa shape index (κ1) is 15.1. The van der Waals surface area contributed by atoms with Gasteiger partial charge in [-0.25, -0.2) is 4.39 Å². The summed E-state index contributed by atoms with van der Waals surface area (Å²) in [6.07, 6.45) is 0.467. The van der Waals surface area contributed by atoms with Crippen molar-refractivity contribution in [3.63, 3.8) is 0 Å². The molecule has 0 saturated heterocycles. The minimum absolute atomic E-state index is 0.0507. The maximum Gasteiger partial charge on any atom is 0.277 e. The summed E-state index contributed by atoms with van der Waals surface area (Å²) in [7, 11) is 0. The summed E-state index contributed by atoms with van der Waals surface area (Å²) in [6.45, 7) is -0.101. The van der Waals surface area contributed by atoms with Gasteiger partial charge in [-0.15, -0.1) is 0 Å². The van der Waals surface area contributed by atoms with E-state index in [-0.39, 0.29) is 23.6 Å². The van der Waals surface area contributed by atoms with E-state index in [1.54, 1.807) is 12.1 Å². The molecule has 0 radical (unpaired) electrons. The lowest BCUT2D eigenvalue weighted by atomic mass is 10.2. The van der Waals surface area contributed by atoms with Crippen LogP contribution in [0.1, 0.15) is 15.9 Å². The summed E-state index contributed by atoms with van der Waals surface area (Å²) in [5.74, 6) is -0.386. The van der Waals surface area contributed by atoms with Gasteiger partial charge in [-0.3, -0.25) is 14.9 Å². The summed E-state index contributed by atoms with van der Waals surface area (Å²) >= 11 is 3.16. The molecule has 0 aliphatic heterocycles. The Morgan fingerprint density at radius 3 is 2.71 bits per heavy atom. The topological polar surface area (TPSA) is 69.4 Å². The number of aldehydes is 1. The van der Waals surface area contributed by atoms with Gasteiger partial charge >= 0.3 is 0 Å². The van der Waals surface area contributed by atoms with Crippen LogP contribution in [0, 0.1) is 15.9 Å². The van der Waals surface area contributed by atoms with Gasteiger partial charge in [0.2, 0.25) is 0 Å². The molecule has 7 heteroatoms. The number of benzene rings is 2. The van der Waals surface area contributed by atoms with E-state index in [1.165, 1.54) is 12.1 Å². The van der Waals surface area contributed by atoms with Crippen LogP contribution >= 0.6 is 15.9 Å². The maximum absolute atomic E-state index is 13.0. The molecule has 0 saturated carbocycles. The Morgan fingerprint density at radius 1 is 1.29 bits per heavy atom. The van der Waals surface area contributed by atoms with Gasteiger partial charge in [0, 0.05) is 10.5 Å². The van der Waals surface area contributed by atoms with Crippen LogP contribution < -0.4 is 4.74 Å². The van der Waals surface area contributed by atoms with Gasteiger partial charge in [-0.2, -0.15) is 0 Å². The monoisotopic (exact) mass is 353 g/mol. The number of ether oxygens (including phenoxy) is 1. The second-order valence-corrected chi connectivity index (χ2v) is 5.03. The first-order valence-corrected chi connectivity index (χ1v) is 6.61. The van der Waals surface area contributed by atoms with E-state index in [9.17, 15) is 19.3 Å². The predicted octanol–water partition coefficient (Wildman–Crippen LogP) is 3.89. The number of nitro groups is 1. The van der Waals surface area contributed by atoms with E-state index in [2.05, 4.69) is 15.9 Å². The van der Waals surface area contributed by atoms with Crippen molar-refractivity contribution in [1.29, 1.82) is 0 Å². The van der Waals surface area contributed by atoms with Crippen molar-refractivity contribution < 1.29 is 18.8 Å². The van der Waals surface area contributed by atoms with E-state index in [0.717, 1.165) is 12.1 Å². The van der Waals surface area contributed by atoms with Gasteiger partial charge in [0.15, 0.2) is 6.29 Å². The zero-order chi connectivity index (χ0) is 15.4. The fraction of sp³-hybridized carbons (Fsp3) is 0.0714. The van der Waals surface area contributed by atoms with Gasteiger partial charge in [0.05, 0.1) is 16.1 Å². The van der Waals surface area contributed by atoms with Gasteiger partial charge in [-0.1, -0.05) is 15.9 Å². The second kappa shape index (κ2) is 6.45. The van der Waals surface area contributed by atoms with E-state index in [1.807, 2.05) is 0 Å². The van der Waals surface area contributed by atoms with Crippen LogP contribution in [0.4, 0.5) is 10.1 Å². The number of halogens is 2. The highest BCUT2D eigenvalue weighted by molar-refractivity contribution is 9.10. The third kappa shape index (κ3) is 3.63. The third-order valence-corrected chi connectivity index (χ3v) is 3.22. The lowest BCUT2D eigenvalue weighted by Gasteiger charge is -2.09. The maximum atomic E-state index is 13.0.